The molecule has 3 aromatic rings. The van der Waals surface area contributed by atoms with Crippen LogP contribution >= 0.6 is 0 Å². The van der Waals surface area contributed by atoms with Crippen LogP contribution < -0.4 is 4.90 Å². The van der Waals surface area contributed by atoms with Gasteiger partial charge in [-0.1, -0.05) is 12.1 Å². The summed E-state index contributed by atoms with van der Waals surface area (Å²) in [4.78, 5) is 4.69. The zero-order valence-electron chi connectivity index (χ0n) is 13.1. The number of aromatic nitrogens is 2. The van der Waals surface area contributed by atoms with Crippen molar-refractivity contribution >= 4 is 16.6 Å². The van der Waals surface area contributed by atoms with E-state index < -0.39 is 0 Å². The maximum absolute atomic E-state index is 13.3. The fourth-order valence-electron chi connectivity index (χ4n) is 3.80. The quantitative estimate of drug-likeness (QED) is 0.770. The summed E-state index contributed by atoms with van der Waals surface area (Å²) in [7, 11) is 0. The number of aromatic amines is 1. The van der Waals surface area contributed by atoms with E-state index in [4.69, 9.17) is 0 Å². The van der Waals surface area contributed by atoms with Gasteiger partial charge in [-0.05, 0) is 48.7 Å². The van der Waals surface area contributed by atoms with E-state index in [1.807, 2.05) is 18.3 Å². The lowest BCUT2D eigenvalue weighted by atomic mass is 10.1. The Balaban J connectivity index is 1.61. The Hall–Kier alpha value is -2.82. The van der Waals surface area contributed by atoms with E-state index in [1.165, 1.54) is 29.8 Å². The Bertz CT molecular complexity index is 928. The number of halogens is 1. The third kappa shape index (κ3) is 2.01. The number of hydrogen-bond donors (Lipinski definition) is 1. The standard InChI is InChI=1S/C19H17FN4/c20-15-5-7-16(8-6-15)24-12-17-2-1-9-23(17)19(24)13-3-4-14-11-21-22-18(14)10-13/h3-8,10-12,19H,1-2,9H2,(H,21,22). The molecule has 120 valence electrons. The molecule has 1 N–H and O–H groups in total. The highest BCUT2D eigenvalue weighted by atomic mass is 19.1. The van der Waals surface area contributed by atoms with Crippen LogP contribution in [0.4, 0.5) is 10.1 Å². The normalized spacial score (nSPS) is 19.9. The maximum Gasteiger partial charge on any atom is 0.132 e. The first-order chi connectivity index (χ1) is 11.8. The van der Waals surface area contributed by atoms with Crippen LogP contribution in [0.1, 0.15) is 24.6 Å². The van der Waals surface area contributed by atoms with E-state index in [9.17, 15) is 4.39 Å². The first-order valence-electron chi connectivity index (χ1n) is 8.24. The first-order valence-corrected chi connectivity index (χ1v) is 8.24. The van der Waals surface area contributed by atoms with Gasteiger partial charge < -0.3 is 9.80 Å². The molecule has 0 amide bonds. The molecule has 2 aliphatic heterocycles. The number of anilines is 1. The summed E-state index contributed by atoms with van der Waals surface area (Å²) < 4.78 is 13.3. The average Bonchev–Trinajstić information content (AvgIpc) is 3.29. The van der Waals surface area contributed by atoms with Gasteiger partial charge in [0.2, 0.25) is 0 Å². The molecule has 5 rings (SSSR count). The molecule has 3 heterocycles. The zero-order valence-corrected chi connectivity index (χ0v) is 13.1. The van der Waals surface area contributed by atoms with Crippen molar-refractivity contribution in [1.82, 2.24) is 15.1 Å². The van der Waals surface area contributed by atoms with Crippen molar-refractivity contribution in [3.63, 3.8) is 0 Å². The van der Waals surface area contributed by atoms with Crippen LogP contribution in [-0.4, -0.2) is 21.6 Å². The summed E-state index contributed by atoms with van der Waals surface area (Å²) >= 11 is 0. The largest absolute Gasteiger partial charge is 0.349 e. The Morgan fingerprint density at radius 3 is 2.88 bits per heavy atom. The molecule has 4 nitrogen and oxygen atoms in total. The molecule has 1 fully saturated rings. The molecule has 1 saturated heterocycles. The van der Waals surface area contributed by atoms with Crippen molar-refractivity contribution in [3.8, 4) is 0 Å². The van der Waals surface area contributed by atoms with Crippen LogP contribution in [-0.2, 0) is 0 Å². The number of nitrogens with one attached hydrogen (secondary N) is 1. The third-order valence-corrected chi connectivity index (χ3v) is 4.94. The minimum atomic E-state index is -0.207. The summed E-state index contributed by atoms with van der Waals surface area (Å²) in [5.41, 5.74) is 4.62. The summed E-state index contributed by atoms with van der Waals surface area (Å²) in [6.07, 6.45) is 6.44. The maximum atomic E-state index is 13.3. The number of benzene rings is 2. The smallest absolute Gasteiger partial charge is 0.132 e. The SMILES string of the molecule is Fc1ccc(N2C=C3CCCN3C2c2ccc3cn[nH]c3c2)cc1. The highest BCUT2D eigenvalue weighted by Crippen LogP contribution is 2.43. The summed E-state index contributed by atoms with van der Waals surface area (Å²) in [5, 5.41) is 8.28. The van der Waals surface area contributed by atoms with Crippen LogP contribution in [0.25, 0.3) is 10.9 Å². The number of nitrogens with zero attached hydrogens (tertiary/aromatic N) is 3. The highest BCUT2D eigenvalue weighted by molar-refractivity contribution is 5.78. The Labute approximate surface area is 139 Å². The van der Waals surface area contributed by atoms with E-state index in [0.29, 0.717) is 0 Å². The van der Waals surface area contributed by atoms with Gasteiger partial charge in [-0.3, -0.25) is 5.10 Å². The predicted molar refractivity (Wildman–Crippen MR) is 91.7 cm³/mol. The minimum absolute atomic E-state index is 0.112. The molecule has 2 aromatic carbocycles. The fourth-order valence-corrected chi connectivity index (χ4v) is 3.80. The second-order valence-corrected chi connectivity index (χ2v) is 6.39. The monoisotopic (exact) mass is 320 g/mol. The van der Waals surface area contributed by atoms with Gasteiger partial charge in [-0.25, -0.2) is 4.39 Å². The lowest BCUT2D eigenvalue weighted by molar-refractivity contribution is 0.319. The molecular formula is C19H17FN4. The second kappa shape index (κ2) is 5.09. The third-order valence-electron chi connectivity index (χ3n) is 4.94. The average molecular weight is 320 g/mol. The molecular weight excluding hydrogens is 303 g/mol. The van der Waals surface area contributed by atoms with Crippen LogP contribution in [0, 0.1) is 5.82 Å². The zero-order chi connectivity index (χ0) is 16.1. The number of rotatable bonds is 2. The van der Waals surface area contributed by atoms with E-state index in [1.54, 1.807) is 0 Å². The molecule has 0 bridgehead atoms. The molecule has 1 unspecified atom stereocenters. The van der Waals surface area contributed by atoms with Crippen molar-refractivity contribution in [2.75, 3.05) is 11.4 Å². The molecule has 1 atom stereocenters. The summed E-state index contributed by atoms with van der Waals surface area (Å²) in [5.74, 6) is -0.207. The summed E-state index contributed by atoms with van der Waals surface area (Å²) in [6, 6.07) is 13.2. The highest BCUT2D eigenvalue weighted by Gasteiger charge is 2.36. The van der Waals surface area contributed by atoms with Gasteiger partial charge in [0.1, 0.15) is 12.0 Å². The van der Waals surface area contributed by atoms with Gasteiger partial charge in [-0.15, -0.1) is 0 Å². The van der Waals surface area contributed by atoms with Crippen LogP contribution in [0.2, 0.25) is 0 Å². The molecule has 0 aliphatic carbocycles. The van der Waals surface area contributed by atoms with Gasteiger partial charge in [0, 0.05) is 29.5 Å². The molecule has 0 spiro atoms. The van der Waals surface area contributed by atoms with Crippen LogP contribution in [0.3, 0.4) is 0 Å². The summed E-state index contributed by atoms with van der Waals surface area (Å²) in [6.45, 7) is 1.05. The predicted octanol–water partition coefficient (Wildman–Crippen LogP) is 4.16. The molecule has 1 aromatic heterocycles. The number of hydrogen-bond acceptors (Lipinski definition) is 3. The van der Waals surface area contributed by atoms with Gasteiger partial charge >= 0.3 is 0 Å². The Kier molecular flexibility index (Phi) is 2.89. The van der Waals surface area contributed by atoms with Crippen LogP contribution in [0.15, 0.2) is 60.6 Å². The number of fused-ring (bicyclic) bond motifs is 2. The Morgan fingerprint density at radius 2 is 2.00 bits per heavy atom. The molecule has 0 radical (unpaired) electrons. The minimum Gasteiger partial charge on any atom is -0.349 e. The van der Waals surface area contributed by atoms with Gasteiger partial charge in [-0.2, -0.15) is 5.10 Å². The lowest BCUT2D eigenvalue weighted by Crippen LogP contribution is -2.30. The molecule has 5 heteroatoms. The van der Waals surface area contributed by atoms with Crippen LogP contribution in [0.5, 0.6) is 0 Å². The fraction of sp³-hybridized carbons (Fsp3) is 0.211. The van der Waals surface area contributed by atoms with Gasteiger partial charge in [0.15, 0.2) is 0 Å². The molecule has 2 aliphatic rings. The van der Waals surface area contributed by atoms with Crippen molar-refractivity contribution in [2.45, 2.75) is 19.0 Å². The van der Waals surface area contributed by atoms with Crippen molar-refractivity contribution < 1.29 is 4.39 Å². The van der Waals surface area contributed by atoms with Gasteiger partial charge in [0.25, 0.3) is 0 Å². The van der Waals surface area contributed by atoms with E-state index >= 15 is 0 Å². The topological polar surface area (TPSA) is 35.2 Å². The first kappa shape index (κ1) is 13.6. The Morgan fingerprint density at radius 1 is 1.12 bits per heavy atom. The number of H-pyrrole nitrogens is 1. The number of allylic oxidation sites excluding steroid dienone is 1. The molecule has 0 saturated carbocycles. The van der Waals surface area contributed by atoms with E-state index in [0.717, 1.165) is 29.6 Å². The van der Waals surface area contributed by atoms with Gasteiger partial charge in [0.05, 0.1) is 11.7 Å². The second-order valence-electron chi connectivity index (χ2n) is 6.39. The van der Waals surface area contributed by atoms with Crippen molar-refractivity contribution in [1.29, 1.82) is 0 Å². The van der Waals surface area contributed by atoms with Crippen molar-refractivity contribution in [3.05, 3.63) is 71.9 Å². The van der Waals surface area contributed by atoms with E-state index in [-0.39, 0.29) is 12.0 Å². The molecule has 24 heavy (non-hydrogen) atoms. The van der Waals surface area contributed by atoms with Crippen molar-refractivity contribution in [2.24, 2.45) is 0 Å². The lowest BCUT2D eigenvalue weighted by Gasteiger charge is -2.32. The van der Waals surface area contributed by atoms with E-state index in [2.05, 4.69) is 44.4 Å².